The van der Waals surface area contributed by atoms with Crippen molar-refractivity contribution >= 4 is 28.8 Å². The number of aryl methyl sites for hydroxylation is 1. The Kier molecular flexibility index (Phi) is 5.18. The van der Waals surface area contributed by atoms with E-state index in [2.05, 4.69) is 10.3 Å². The summed E-state index contributed by atoms with van der Waals surface area (Å²) in [6.45, 7) is 3.68. The van der Waals surface area contributed by atoms with Crippen molar-refractivity contribution in [2.75, 3.05) is 12.4 Å². The van der Waals surface area contributed by atoms with E-state index in [1.54, 1.807) is 55.4 Å². The van der Waals surface area contributed by atoms with Crippen LogP contribution in [-0.2, 0) is 0 Å². The van der Waals surface area contributed by atoms with E-state index in [4.69, 9.17) is 4.42 Å². The topological polar surface area (TPSA) is 75.4 Å². The number of thiazole rings is 1. The van der Waals surface area contributed by atoms with Gasteiger partial charge in [0.15, 0.2) is 0 Å². The lowest BCUT2D eigenvalue weighted by Gasteiger charge is -2.23. The maximum atomic E-state index is 12.6. The molecule has 0 aliphatic rings. The Balaban J connectivity index is 1.68. The summed E-state index contributed by atoms with van der Waals surface area (Å²) < 4.78 is 5.14. The monoisotopic (exact) mass is 369 g/mol. The van der Waals surface area contributed by atoms with Crippen LogP contribution in [0, 0.1) is 6.92 Å². The van der Waals surface area contributed by atoms with Gasteiger partial charge in [0.1, 0.15) is 10.8 Å². The first-order valence-electron chi connectivity index (χ1n) is 8.09. The number of rotatable bonds is 5. The van der Waals surface area contributed by atoms with Crippen LogP contribution in [0.2, 0.25) is 0 Å². The van der Waals surface area contributed by atoms with E-state index in [1.165, 1.54) is 17.6 Å². The Morgan fingerprint density at radius 1 is 1.23 bits per heavy atom. The van der Waals surface area contributed by atoms with Crippen molar-refractivity contribution in [2.45, 2.75) is 19.9 Å². The number of carbonyl (C=O) groups excluding carboxylic acids is 2. The van der Waals surface area contributed by atoms with Crippen LogP contribution in [0.1, 0.15) is 44.4 Å². The molecule has 0 unspecified atom stereocenters. The van der Waals surface area contributed by atoms with E-state index in [-0.39, 0.29) is 17.9 Å². The third-order valence-corrected chi connectivity index (χ3v) is 5.15. The average Bonchev–Trinajstić information content (AvgIpc) is 3.32. The van der Waals surface area contributed by atoms with Crippen molar-refractivity contribution in [1.29, 1.82) is 0 Å². The number of nitrogens with zero attached hydrogens (tertiary/aromatic N) is 2. The lowest BCUT2D eigenvalue weighted by atomic mass is 10.1. The molecular formula is C19H19N3O3S. The number of carbonyl (C=O) groups is 2. The molecule has 0 aliphatic heterocycles. The Labute approximate surface area is 155 Å². The van der Waals surface area contributed by atoms with Crippen LogP contribution in [0.15, 0.2) is 52.6 Å². The number of furan rings is 1. The number of hydrogen-bond acceptors (Lipinski definition) is 5. The van der Waals surface area contributed by atoms with E-state index >= 15 is 0 Å². The molecule has 0 bridgehead atoms. The molecule has 3 aromatic rings. The number of nitrogens with one attached hydrogen (secondary N) is 1. The van der Waals surface area contributed by atoms with Crippen LogP contribution in [0.5, 0.6) is 0 Å². The second-order valence-corrected chi connectivity index (χ2v) is 6.81. The molecule has 2 amide bonds. The number of benzene rings is 1. The molecule has 0 fully saturated rings. The normalized spacial score (nSPS) is 11.8. The quantitative estimate of drug-likeness (QED) is 0.734. The first-order valence-corrected chi connectivity index (χ1v) is 8.97. The number of anilines is 1. The SMILES string of the molecule is Cc1occc1C(=O)Nc1ccc(C(=O)N(C)[C@H](C)c2nccs2)cc1. The fraction of sp³-hybridized carbons (Fsp3) is 0.211. The van der Waals surface area contributed by atoms with Gasteiger partial charge in [-0.2, -0.15) is 0 Å². The highest BCUT2D eigenvalue weighted by molar-refractivity contribution is 7.09. The van der Waals surface area contributed by atoms with Crippen molar-refractivity contribution in [1.82, 2.24) is 9.88 Å². The molecule has 0 saturated carbocycles. The molecule has 2 aromatic heterocycles. The minimum atomic E-state index is -0.246. The van der Waals surface area contributed by atoms with Gasteiger partial charge in [-0.25, -0.2) is 4.98 Å². The summed E-state index contributed by atoms with van der Waals surface area (Å²) >= 11 is 1.52. The van der Waals surface area contributed by atoms with Crippen molar-refractivity contribution in [2.24, 2.45) is 0 Å². The molecule has 0 aliphatic carbocycles. The first-order chi connectivity index (χ1) is 12.5. The third kappa shape index (κ3) is 3.67. The predicted octanol–water partition coefficient (Wildman–Crippen LogP) is 4.13. The highest BCUT2D eigenvalue weighted by Gasteiger charge is 2.20. The molecule has 7 heteroatoms. The summed E-state index contributed by atoms with van der Waals surface area (Å²) in [4.78, 5) is 30.8. The molecule has 3 rings (SSSR count). The summed E-state index contributed by atoms with van der Waals surface area (Å²) in [6.07, 6.45) is 3.21. The predicted molar refractivity (Wildman–Crippen MR) is 100 cm³/mol. The number of amides is 2. The Morgan fingerprint density at radius 2 is 1.96 bits per heavy atom. The minimum absolute atomic E-state index is 0.101. The Morgan fingerprint density at radius 3 is 2.54 bits per heavy atom. The third-order valence-electron chi connectivity index (χ3n) is 4.20. The molecule has 26 heavy (non-hydrogen) atoms. The Bertz CT molecular complexity index is 901. The zero-order valence-electron chi connectivity index (χ0n) is 14.7. The van der Waals surface area contributed by atoms with Gasteiger partial charge in [-0.3, -0.25) is 9.59 Å². The summed E-state index contributed by atoms with van der Waals surface area (Å²) in [7, 11) is 1.76. The molecule has 134 valence electrons. The number of aromatic nitrogens is 1. The van der Waals surface area contributed by atoms with Gasteiger partial charge in [-0.1, -0.05) is 0 Å². The molecular weight excluding hydrogens is 350 g/mol. The highest BCUT2D eigenvalue weighted by atomic mass is 32.1. The smallest absolute Gasteiger partial charge is 0.259 e. The lowest BCUT2D eigenvalue weighted by molar-refractivity contribution is 0.0742. The van der Waals surface area contributed by atoms with Crippen LogP contribution >= 0.6 is 11.3 Å². The van der Waals surface area contributed by atoms with E-state index in [0.29, 0.717) is 22.6 Å². The zero-order valence-corrected chi connectivity index (χ0v) is 15.5. The van der Waals surface area contributed by atoms with Crippen LogP contribution in [0.3, 0.4) is 0 Å². The molecule has 2 heterocycles. The molecule has 0 saturated heterocycles. The molecule has 1 atom stereocenters. The maximum absolute atomic E-state index is 12.6. The summed E-state index contributed by atoms with van der Waals surface area (Å²) in [5.74, 6) is 0.216. The van der Waals surface area contributed by atoms with Crippen LogP contribution < -0.4 is 5.32 Å². The van der Waals surface area contributed by atoms with Crippen LogP contribution in [-0.4, -0.2) is 28.7 Å². The molecule has 1 N–H and O–H groups in total. The van der Waals surface area contributed by atoms with E-state index in [9.17, 15) is 9.59 Å². The van der Waals surface area contributed by atoms with Gasteiger partial charge in [0.25, 0.3) is 11.8 Å². The zero-order chi connectivity index (χ0) is 18.7. The molecule has 0 radical (unpaired) electrons. The van der Waals surface area contributed by atoms with Gasteiger partial charge in [0.05, 0.1) is 17.9 Å². The van der Waals surface area contributed by atoms with Crippen molar-refractivity contribution in [3.05, 3.63) is 70.1 Å². The molecule has 1 aromatic carbocycles. The fourth-order valence-corrected chi connectivity index (χ4v) is 3.24. The fourth-order valence-electron chi connectivity index (χ4n) is 2.50. The van der Waals surface area contributed by atoms with Crippen LogP contribution in [0.4, 0.5) is 5.69 Å². The summed E-state index contributed by atoms with van der Waals surface area (Å²) in [6, 6.07) is 8.34. The second kappa shape index (κ2) is 7.53. The van der Waals surface area contributed by atoms with E-state index in [0.717, 1.165) is 5.01 Å². The van der Waals surface area contributed by atoms with Crippen LogP contribution in [0.25, 0.3) is 0 Å². The average molecular weight is 369 g/mol. The molecule has 6 nitrogen and oxygen atoms in total. The first kappa shape index (κ1) is 17.9. The molecule has 0 spiro atoms. The van der Waals surface area contributed by atoms with Crippen molar-refractivity contribution in [3.63, 3.8) is 0 Å². The highest BCUT2D eigenvalue weighted by Crippen LogP contribution is 2.23. The van der Waals surface area contributed by atoms with E-state index in [1.807, 2.05) is 12.3 Å². The number of hydrogen-bond donors (Lipinski definition) is 1. The van der Waals surface area contributed by atoms with Gasteiger partial charge >= 0.3 is 0 Å². The Hall–Kier alpha value is -2.93. The van der Waals surface area contributed by atoms with Gasteiger partial charge in [0.2, 0.25) is 0 Å². The standard InChI is InChI=1S/C19H19N3O3S/c1-12(18-20-9-11-26-18)22(3)19(24)14-4-6-15(7-5-14)21-17(23)16-8-10-25-13(16)2/h4-12H,1-3H3,(H,21,23)/t12-/m1/s1. The minimum Gasteiger partial charge on any atom is -0.469 e. The maximum Gasteiger partial charge on any atom is 0.259 e. The van der Waals surface area contributed by atoms with Gasteiger partial charge in [-0.05, 0) is 44.2 Å². The van der Waals surface area contributed by atoms with Gasteiger partial charge < -0.3 is 14.6 Å². The van der Waals surface area contributed by atoms with Gasteiger partial charge in [-0.15, -0.1) is 11.3 Å². The lowest BCUT2D eigenvalue weighted by Crippen LogP contribution is -2.29. The van der Waals surface area contributed by atoms with E-state index < -0.39 is 0 Å². The summed E-state index contributed by atoms with van der Waals surface area (Å²) in [5.41, 5.74) is 1.65. The second-order valence-electron chi connectivity index (χ2n) is 5.88. The van der Waals surface area contributed by atoms with Crippen molar-refractivity contribution < 1.29 is 14.0 Å². The summed E-state index contributed by atoms with van der Waals surface area (Å²) in [5, 5.41) is 5.57. The van der Waals surface area contributed by atoms with Gasteiger partial charge in [0, 0.05) is 29.9 Å². The largest absolute Gasteiger partial charge is 0.469 e. The van der Waals surface area contributed by atoms with Crippen molar-refractivity contribution in [3.8, 4) is 0 Å².